The first kappa shape index (κ1) is 16.9. The molecule has 0 heterocycles. The van der Waals surface area contributed by atoms with Crippen LogP contribution in [0.15, 0.2) is 24.3 Å². The molecular formula is C15H24N2O2S. The van der Waals surface area contributed by atoms with Crippen molar-refractivity contribution in [2.45, 2.75) is 32.4 Å². The largest absolute Gasteiger partial charge is 0.396 e. The third-order valence-electron chi connectivity index (χ3n) is 3.12. The Morgan fingerprint density at radius 1 is 1.35 bits per heavy atom. The van der Waals surface area contributed by atoms with E-state index in [9.17, 15) is 4.79 Å². The molecule has 0 aromatic heterocycles. The van der Waals surface area contributed by atoms with E-state index in [-0.39, 0.29) is 18.7 Å². The third-order valence-corrected chi connectivity index (χ3v) is 3.86. The molecule has 1 aromatic rings. The zero-order valence-electron chi connectivity index (χ0n) is 12.2. The monoisotopic (exact) mass is 296 g/mol. The van der Waals surface area contributed by atoms with E-state index in [2.05, 4.69) is 23.6 Å². The number of urea groups is 1. The summed E-state index contributed by atoms with van der Waals surface area (Å²) < 4.78 is 0. The Morgan fingerprint density at radius 3 is 2.65 bits per heavy atom. The van der Waals surface area contributed by atoms with Crippen molar-refractivity contribution in [2.75, 3.05) is 18.6 Å². The van der Waals surface area contributed by atoms with E-state index < -0.39 is 0 Å². The maximum atomic E-state index is 11.9. The van der Waals surface area contributed by atoms with Crippen LogP contribution in [-0.4, -0.2) is 35.8 Å². The predicted octanol–water partition coefficient (Wildman–Crippen LogP) is 2.16. The molecule has 5 heteroatoms. The molecule has 0 spiro atoms. The fourth-order valence-corrected chi connectivity index (χ4v) is 2.69. The minimum Gasteiger partial charge on any atom is -0.396 e. The third kappa shape index (κ3) is 5.84. The van der Waals surface area contributed by atoms with Gasteiger partial charge in [0.2, 0.25) is 0 Å². The van der Waals surface area contributed by atoms with E-state index >= 15 is 0 Å². The van der Waals surface area contributed by atoms with Crippen molar-refractivity contribution in [3.05, 3.63) is 35.4 Å². The number of thioether (sulfide) groups is 1. The summed E-state index contributed by atoms with van der Waals surface area (Å²) in [4.78, 5) is 11.9. The van der Waals surface area contributed by atoms with Crippen LogP contribution in [0.2, 0.25) is 0 Å². The number of aliphatic hydroxyl groups excluding tert-OH is 1. The van der Waals surface area contributed by atoms with Gasteiger partial charge in [0.1, 0.15) is 0 Å². The highest BCUT2D eigenvalue weighted by molar-refractivity contribution is 7.98. The van der Waals surface area contributed by atoms with Crippen LogP contribution in [0.25, 0.3) is 0 Å². The number of hydrogen-bond acceptors (Lipinski definition) is 3. The highest BCUT2D eigenvalue weighted by atomic mass is 32.2. The smallest absolute Gasteiger partial charge is 0.315 e. The first-order chi connectivity index (χ1) is 9.71. The Hall–Kier alpha value is -1.20. The topological polar surface area (TPSA) is 61.4 Å². The van der Waals surface area contributed by atoms with Gasteiger partial charge in [-0.2, -0.15) is 11.8 Å². The molecule has 1 aromatic carbocycles. The van der Waals surface area contributed by atoms with Gasteiger partial charge in [0.15, 0.2) is 0 Å². The minimum absolute atomic E-state index is 0.0106. The lowest BCUT2D eigenvalue weighted by atomic mass is 10.1. The number of aryl methyl sites for hydroxylation is 1. The maximum absolute atomic E-state index is 11.9. The highest BCUT2D eigenvalue weighted by Gasteiger charge is 2.11. The summed E-state index contributed by atoms with van der Waals surface area (Å²) in [7, 11) is 0. The number of amides is 2. The van der Waals surface area contributed by atoms with Crippen LogP contribution in [0.1, 0.15) is 24.5 Å². The van der Waals surface area contributed by atoms with Gasteiger partial charge in [-0.15, -0.1) is 0 Å². The number of carbonyl (C=O) groups excluding carboxylic acids is 1. The maximum Gasteiger partial charge on any atom is 0.315 e. The van der Waals surface area contributed by atoms with Gasteiger partial charge in [-0.1, -0.05) is 31.2 Å². The number of hydrogen-bond donors (Lipinski definition) is 3. The van der Waals surface area contributed by atoms with Gasteiger partial charge in [0, 0.05) is 24.9 Å². The lowest BCUT2D eigenvalue weighted by molar-refractivity contribution is 0.231. The Balaban J connectivity index is 2.45. The van der Waals surface area contributed by atoms with E-state index in [1.807, 2.05) is 24.5 Å². The Labute approximate surface area is 125 Å². The Kier molecular flexibility index (Phi) is 8.14. The van der Waals surface area contributed by atoms with Crippen LogP contribution in [-0.2, 0) is 13.0 Å². The first-order valence-electron chi connectivity index (χ1n) is 6.92. The molecule has 4 nitrogen and oxygen atoms in total. The van der Waals surface area contributed by atoms with Gasteiger partial charge < -0.3 is 15.7 Å². The van der Waals surface area contributed by atoms with Gasteiger partial charge in [0.05, 0.1) is 0 Å². The fourth-order valence-electron chi connectivity index (χ4n) is 2.04. The van der Waals surface area contributed by atoms with Crippen molar-refractivity contribution in [3.8, 4) is 0 Å². The van der Waals surface area contributed by atoms with E-state index in [1.54, 1.807) is 11.8 Å². The van der Waals surface area contributed by atoms with Crippen molar-refractivity contribution < 1.29 is 9.90 Å². The molecular weight excluding hydrogens is 272 g/mol. The molecule has 2 amide bonds. The molecule has 112 valence electrons. The van der Waals surface area contributed by atoms with Crippen LogP contribution >= 0.6 is 11.8 Å². The first-order valence-corrected chi connectivity index (χ1v) is 8.31. The van der Waals surface area contributed by atoms with E-state index in [0.717, 1.165) is 17.7 Å². The van der Waals surface area contributed by atoms with Crippen molar-refractivity contribution in [1.82, 2.24) is 10.6 Å². The molecule has 0 aliphatic rings. The van der Waals surface area contributed by atoms with Crippen LogP contribution in [0.4, 0.5) is 4.79 Å². The van der Waals surface area contributed by atoms with E-state index in [0.29, 0.717) is 13.0 Å². The summed E-state index contributed by atoms with van der Waals surface area (Å²) in [5, 5.41) is 14.7. The zero-order chi connectivity index (χ0) is 14.8. The van der Waals surface area contributed by atoms with Crippen LogP contribution < -0.4 is 10.6 Å². The molecule has 1 unspecified atom stereocenters. The van der Waals surface area contributed by atoms with Crippen molar-refractivity contribution in [2.24, 2.45) is 0 Å². The molecule has 1 atom stereocenters. The van der Waals surface area contributed by atoms with Gasteiger partial charge in [-0.05, 0) is 30.2 Å². The molecule has 0 radical (unpaired) electrons. The molecule has 0 bridgehead atoms. The normalized spacial score (nSPS) is 11.9. The Bertz CT molecular complexity index is 407. The summed E-state index contributed by atoms with van der Waals surface area (Å²) in [6, 6.07) is 7.94. The zero-order valence-corrected chi connectivity index (χ0v) is 13.0. The predicted molar refractivity (Wildman–Crippen MR) is 85.1 cm³/mol. The minimum atomic E-state index is -0.177. The number of carbonyl (C=O) groups is 1. The lowest BCUT2D eigenvalue weighted by Gasteiger charge is -2.17. The van der Waals surface area contributed by atoms with Crippen LogP contribution in [0, 0.1) is 0 Å². The van der Waals surface area contributed by atoms with Crippen LogP contribution in [0.5, 0.6) is 0 Å². The molecule has 0 aliphatic carbocycles. The molecule has 3 N–H and O–H groups in total. The summed E-state index contributed by atoms with van der Waals surface area (Å²) in [6.07, 6.45) is 3.53. The lowest BCUT2D eigenvalue weighted by Crippen LogP contribution is -2.43. The number of nitrogens with one attached hydrogen (secondary N) is 2. The van der Waals surface area contributed by atoms with Gasteiger partial charge in [-0.25, -0.2) is 4.79 Å². The van der Waals surface area contributed by atoms with Crippen molar-refractivity contribution >= 4 is 17.8 Å². The molecule has 0 saturated heterocycles. The summed E-state index contributed by atoms with van der Waals surface area (Å²) in [6.45, 7) is 2.72. The average molecular weight is 296 g/mol. The second-order valence-electron chi connectivity index (χ2n) is 4.61. The number of aliphatic hydroxyl groups is 1. The quantitative estimate of drug-likeness (QED) is 0.689. The van der Waals surface area contributed by atoms with Gasteiger partial charge >= 0.3 is 6.03 Å². The highest BCUT2D eigenvalue weighted by Crippen LogP contribution is 2.09. The van der Waals surface area contributed by atoms with Gasteiger partial charge in [0.25, 0.3) is 0 Å². The molecule has 0 saturated carbocycles. The fraction of sp³-hybridized carbons (Fsp3) is 0.533. The van der Waals surface area contributed by atoms with E-state index in [1.165, 1.54) is 5.56 Å². The second kappa shape index (κ2) is 9.66. The SMILES string of the molecule is CCc1ccccc1CNC(=O)NC(CCO)CSC. The Morgan fingerprint density at radius 2 is 2.05 bits per heavy atom. The number of benzene rings is 1. The average Bonchev–Trinajstić information content (AvgIpc) is 2.46. The second-order valence-corrected chi connectivity index (χ2v) is 5.52. The molecule has 20 heavy (non-hydrogen) atoms. The van der Waals surface area contributed by atoms with E-state index in [4.69, 9.17) is 5.11 Å². The molecule has 0 fully saturated rings. The van der Waals surface area contributed by atoms with Crippen LogP contribution in [0.3, 0.4) is 0 Å². The van der Waals surface area contributed by atoms with Crippen molar-refractivity contribution in [1.29, 1.82) is 0 Å². The summed E-state index contributed by atoms with van der Waals surface area (Å²) in [5.74, 6) is 0.805. The molecule has 1 rings (SSSR count). The number of rotatable bonds is 8. The van der Waals surface area contributed by atoms with Gasteiger partial charge in [-0.3, -0.25) is 0 Å². The molecule has 0 aliphatic heterocycles. The van der Waals surface area contributed by atoms with Crippen molar-refractivity contribution in [3.63, 3.8) is 0 Å². The summed E-state index contributed by atoms with van der Waals surface area (Å²) in [5.41, 5.74) is 2.40. The summed E-state index contributed by atoms with van der Waals surface area (Å²) >= 11 is 1.66. The standard InChI is InChI=1S/C15H24N2O2S/c1-3-12-6-4-5-7-13(12)10-16-15(19)17-14(8-9-18)11-20-2/h4-7,14,18H,3,8-11H2,1-2H3,(H2,16,17,19).